The first-order valence-electron chi connectivity index (χ1n) is 3.99. The van der Waals surface area contributed by atoms with Gasteiger partial charge in [0.2, 0.25) is 0 Å². The number of nitriles is 1. The van der Waals surface area contributed by atoms with Gasteiger partial charge in [0, 0.05) is 0 Å². The van der Waals surface area contributed by atoms with E-state index >= 15 is 0 Å². The Kier molecular flexibility index (Phi) is 5.37. The van der Waals surface area contributed by atoms with Gasteiger partial charge in [0.25, 0.3) is 0 Å². The number of hydrogen-bond donors (Lipinski definition) is 0. The van der Waals surface area contributed by atoms with Crippen LogP contribution < -0.4 is 0 Å². The fraction of sp³-hybridized carbons (Fsp3) is 0.556. The van der Waals surface area contributed by atoms with E-state index in [0.29, 0.717) is 6.42 Å². The summed E-state index contributed by atoms with van der Waals surface area (Å²) in [7, 11) is 1.22. The van der Waals surface area contributed by atoms with E-state index in [0.717, 1.165) is 6.42 Å². The first kappa shape index (κ1) is 11.5. The van der Waals surface area contributed by atoms with Gasteiger partial charge in [-0.25, -0.2) is 4.79 Å². The van der Waals surface area contributed by atoms with Gasteiger partial charge < -0.3 is 9.47 Å². The molecule has 0 bridgehead atoms. The highest BCUT2D eigenvalue weighted by molar-refractivity contribution is 5.60. The summed E-state index contributed by atoms with van der Waals surface area (Å²) in [5.41, 5.74) is 0.243. The van der Waals surface area contributed by atoms with Gasteiger partial charge in [0.1, 0.15) is 6.10 Å². The van der Waals surface area contributed by atoms with Crippen LogP contribution in [0.4, 0.5) is 4.79 Å². The first-order chi connectivity index (χ1) is 6.15. The average Bonchev–Trinajstić information content (AvgIpc) is 2.15. The SMILES string of the molecule is C=C(C#N)C(CCC)OC(=O)OC. The van der Waals surface area contributed by atoms with Crippen LogP contribution in [0, 0.1) is 11.3 Å². The molecule has 0 aromatic rings. The molecule has 1 unspecified atom stereocenters. The molecule has 0 aliphatic carbocycles. The number of methoxy groups -OCH3 is 1. The summed E-state index contributed by atoms with van der Waals surface area (Å²) in [6, 6.07) is 1.85. The van der Waals surface area contributed by atoms with Crippen molar-refractivity contribution in [2.45, 2.75) is 25.9 Å². The molecule has 72 valence electrons. The van der Waals surface area contributed by atoms with Gasteiger partial charge in [-0.05, 0) is 6.42 Å². The lowest BCUT2D eigenvalue weighted by Gasteiger charge is -2.13. The predicted octanol–water partition coefficient (Wildman–Crippen LogP) is 2.02. The summed E-state index contributed by atoms with van der Waals surface area (Å²) in [6.45, 7) is 5.41. The molecule has 0 aliphatic heterocycles. The highest BCUT2D eigenvalue weighted by atomic mass is 16.7. The molecule has 4 nitrogen and oxygen atoms in total. The van der Waals surface area contributed by atoms with Crippen LogP contribution in [0.3, 0.4) is 0 Å². The van der Waals surface area contributed by atoms with Crippen LogP contribution in [0.2, 0.25) is 0 Å². The minimum atomic E-state index is -0.783. The zero-order valence-corrected chi connectivity index (χ0v) is 7.87. The van der Waals surface area contributed by atoms with Gasteiger partial charge in [0.15, 0.2) is 0 Å². The number of rotatable bonds is 4. The third-order valence-electron chi connectivity index (χ3n) is 1.49. The second-order valence-corrected chi connectivity index (χ2v) is 2.49. The lowest BCUT2D eigenvalue weighted by Crippen LogP contribution is -2.19. The normalized spacial score (nSPS) is 11.2. The maximum Gasteiger partial charge on any atom is 0.508 e. The molecule has 13 heavy (non-hydrogen) atoms. The molecule has 0 spiro atoms. The molecule has 4 heteroatoms. The quantitative estimate of drug-likeness (QED) is 0.494. The molecule has 0 aromatic carbocycles. The van der Waals surface area contributed by atoms with Crippen molar-refractivity contribution < 1.29 is 14.3 Å². The van der Waals surface area contributed by atoms with Crippen molar-refractivity contribution in [1.29, 1.82) is 5.26 Å². The van der Waals surface area contributed by atoms with Gasteiger partial charge in [-0.15, -0.1) is 0 Å². The van der Waals surface area contributed by atoms with Crippen LogP contribution in [-0.4, -0.2) is 19.4 Å². The van der Waals surface area contributed by atoms with Gasteiger partial charge in [-0.2, -0.15) is 5.26 Å². The number of carbonyl (C=O) groups is 1. The second-order valence-electron chi connectivity index (χ2n) is 2.49. The molecule has 0 saturated carbocycles. The summed E-state index contributed by atoms with van der Waals surface area (Å²) in [6.07, 6.45) is 0.0569. The Labute approximate surface area is 77.8 Å². The van der Waals surface area contributed by atoms with Gasteiger partial charge in [-0.3, -0.25) is 0 Å². The Hall–Kier alpha value is -1.50. The summed E-state index contributed by atoms with van der Waals surface area (Å²) in [5.74, 6) is 0. The largest absolute Gasteiger partial charge is 0.508 e. The van der Waals surface area contributed by atoms with E-state index in [1.54, 1.807) is 0 Å². The fourth-order valence-corrected chi connectivity index (χ4v) is 0.803. The van der Waals surface area contributed by atoms with E-state index in [4.69, 9.17) is 10.00 Å². The monoisotopic (exact) mass is 183 g/mol. The minimum Gasteiger partial charge on any atom is -0.438 e. The number of hydrogen-bond acceptors (Lipinski definition) is 4. The van der Waals surface area contributed by atoms with Crippen molar-refractivity contribution in [3.8, 4) is 6.07 Å². The summed E-state index contributed by atoms with van der Waals surface area (Å²) in [4.78, 5) is 10.7. The molecule has 1 atom stereocenters. The maximum absolute atomic E-state index is 10.7. The Balaban J connectivity index is 4.19. The summed E-state index contributed by atoms with van der Waals surface area (Å²) < 4.78 is 9.12. The molecule has 0 N–H and O–H groups in total. The third-order valence-corrected chi connectivity index (χ3v) is 1.49. The van der Waals surface area contributed by atoms with E-state index < -0.39 is 12.3 Å². The van der Waals surface area contributed by atoms with Gasteiger partial charge >= 0.3 is 6.16 Å². The van der Waals surface area contributed by atoms with Crippen LogP contribution in [0.1, 0.15) is 19.8 Å². The van der Waals surface area contributed by atoms with Crippen molar-refractivity contribution in [2.75, 3.05) is 7.11 Å². The van der Waals surface area contributed by atoms with Crippen LogP contribution in [0.5, 0.6) is 0 Å². The Morgan fingerprint density at radius 1 is 1.69 bits per heavy atom. The predicted molar refractivity (Wildman–Crippen MR) is 46.9 cm³/mol. The second kappa shape index (κ2) is 6.06. The summed E-state index contributed by atoms with van der Waals surface area (Å²) in [5, 5.41) is 8.54. The van der Waals surface area contributed by atoms with Crippen molar-refractivity contribution in [2.24, 2.45) is 0 Å². The summed E-state index contributed by atoms with van der Waals surface area (Å²) >= 11 is 0. The van der Waals surface area contributed by atoms with E-state index in [1.165, 1.54) is 7.11 Å². The maximum atomic E-state index is 10.7. The van der Waals surface area contributed by atoms with Gasteiger partial charge in [0.05, 0.1) is 18.8 Å². The molecule has 0 aromatic heterocycles. The zero-order chi connectivity index (χ0) is 10.3. The Bertz CT molecular complexity index is 230. The molecule has 0 saturated heterocycles. The van der Waals surface area contributed by atoms with Gasteiger partial charge in [-0.1, -0.05) is 19.9 Å². The highest BCUT2D eigenvalue weighted by Crippen LogP contribution is 2.11. The average molecular weight is 183 g/mol. The van der Waals surface area contributed by atoms with Crippen molar-refractivity contribution in [1.82, 2.24) is 0 Å². The third kappa shape index (κ3) is 4.16. The lowest BCUT2D eigenvalue weighted by molar-refractivity contribution is 0.0476. The Morgan fingerprint density at radius 2 is 2.31 bits per heavy atom. The number of ether oxygens (including phenoxy) is 2. The lowest BCUT2D eigenvalue weighted by atomic mass is 10.1. The minimum absolute atomic E-state index is 0.243. The topological polar surface area (TPSA) is 59.3 Å². The molecular weight excluding hydrogens is 170 g/mol. The van der Waals surface area contributed by atoms with Crippen LogP contribution in [0.15, 0.2) is 12.2 Å². The number of nitrogens with zero attached hydrogens (tertiary/aromatic N) is 1. The van der Waals surface area contributed by atoms with Crippen LogP contribution in [-0.2, 0) is 9.47 Å². The molecule has 0 amide bonds. The fourth-order valence-electron chi connectivity index (χ4n) is 0.803. The molecule has 0 heterocycles. The van der Waals surface area contributed by atoms with Crippen molar-refractivity contribution in [3.63, 3.8) is 0 Å². The highest BCUT2D eigenvalue weighted by Gasteiger charge is 2.16. The van der Waals surface area contributed by atoms with Crippen molar-refractivity contribution in [3.05, 3.63) is 12.2 Å². The van der Waals surface area contributed by atoms with E-state index in [2.05, 4.69) is 11.3 Å². The van der Waals surface area contributed by atoms with Crippen molar-refractivity contribution >= 4 is 6.16 Å². The van der Waals surface area contributed by atoms with Crippen LogP contribution in [0.25, 0.3) is 0 Å². The number of carbonyl (C=O) groups excluding carboxylic acids is 1. The van der Waals surface area contributed by atoms with E-state index in [-0.39, 0.29) is 5.57 Å². The van der Waals surface area contributed by atoms with Crippen LogP contribution >= 0.6 is 0 Å². The molecule has 0 rings (SSSR count). The van der Waals surface area contributed by atoms with E-state index in [1.807, 2.05) is 13.0 Å². The molecule has 0 fully saturated rings. The Morgan fingerprint density at radius 3 is 2.69 bits per heavy atom. The van der Waals surface area contributed by atoms with E-state index in [9.17, 15) is 4.79 Å². The standard InChI is InChI=1S/C9H13NO3/c1-4-5-8(7(2)6-10)13-9(11)12-3/h8H,2,4-5H2,1,3H3. The zero-order valence-electron chi connectivity index (χ0n) is 7.87. The first-order valence-corrected chi connectivity index (χ1v) is 3.99. The molecular formula is C9H13NO3. The molecule has 0 radical (unpaired) electrons. The smallest absolute Gasteiger partial charge is 0.438 e. The molecule has 0 aliphatic rings.